The number of carbonyl (C=O) groups is 1. The fourth-order valence-corrected chi connectivity index (χ4v) is 5.64. The Morgan fingerprint density at radius 1 is 1.14 bits per heavy atom. The van der Waals surface area contributed by atoms with Gasteiger partial charge in [0.2, 0.25) is 5.91 Å². The number of nitrogens with one attached hydrogen (secondary N) is 1. The summed E-state index contributed by atoms with van der Waals surface area (Å²) >= 11 is 0. The Labute approximate surface area is 213 Å². The molecule has 6 heteroatoms. The van der Waals surface area contributed by atoms with E-state index < -0.39 is 0 Å². The molecular weight excluding hydrogens is 450 g/mol. The van der Waals surface area contributed by atoms with E-state index in [1.807, 2.05) is 12.3 Å². The van der Waals surface area contributed by atoms with Gasteiger partial charge < -0.3 is 19.5 Å². The molecule has 2 heterocycles. The van der Waals surface area contributed by atoms with E-state index in [0.29, 0.717) is 19.1 Å². The smallest absolute Gasteiger partial charge is 0.250 e. The summed E-state index contributed by atoms with van der Waals surface area (Å²) in [6, 6.07) is 17.1. The average molecular weight is 488 g/mol. The number of methoxy groups -OCH3 is 1. The molecule has 1 saturated heterocycles. The molecule has 2 aromatic carbocycles. The molecule has 1 unspecified atom stereocenters. The molecule has 0 radical (unpaired) electrons. The maximum atomic E-state index is 14.1. The lowest BCUT2D eigenvalue weighted by Gasteiger charge is -2.36. The van der Waals surface area contributed by atoms with Gasteiger partial charge >= 0.3 is 0 Å². The minimum atomic E-state index is -0.164. The van der Waals surface area contributed by atoms with Crippen molar-refractivity contribution in [2.75, 3.05) is 26.8 Å². The molecule has 2 fully saturated rings. The van der Waals surface area contributed by atoms with Crippen molar-refractivity contribution in [1.82, 2.24) is 14.8 Å². The van der Waals surface area contributed by atoms with Gasteiger partial charge in [0.05, 0.1) is 5.92 Å². The van der Waals surface area contributed by atoms with Crippen molar-refractivity contribution in [3.05, 3.63) is 81.8 Å². The summed E-state index contributed by atoms with van der Waals surface area (Å²) in [4.78, 5) is 28.6. The number of fused-ring (bicyclic) bond motifs is 1. The molecule has 36 heavy (non-hydrogen) atoms. The molecule has 3 aromatic rings. The van der Waals surface area contributed by atoms with Crippen molar-refractivity contribution in [2.45, 2.75) is 50.6 Å². The number of hydrogen-bond donors (Lipinski definition) is 1. The number of rotatable bonds is 9. The van der Waals surface area contributed by atoms with Crippen LogP contribution in [0.4, 0.5) is 0 Å². The minimum Gasteiger partial charge on any atom is -0.385 e. The lowest BCUT2D eigenvalue weighted by Crippen LogP contribution is -2.47. The molecule has 2 aliphatic rings. The monoisotopic (exact) mass is 487 g/mol. The number of ether oxygens (including phenoxy) is 1. The highest BCUT2D eigenvalue weighted by Gasteiger charge is 2.40. The maximum absolute atomic E-state index is 14.1. The molecule has 0 spiro atoms. The van der Waals surface area contributed by atoms with E-state index in [1.54, 1.807) is 24.8 Å². The number of hydrogen-bond acceptors (Lipinski definition) is 4. The normalized spacial score (nSPS) is 19.9. The zero-order valence-electron chi connectivity index (χ0n) is 21.4. The van der Waals surface area contributed by atoms with Gasteiger partial charge in [-0.2, -0.15) is 0 Å². The van der Waals surface area contributed by atoms with Gasteiger partial charge in [0, 0.05) is 52.2 Å². The summed E-state index contributed by atoms with van der Waals surface area (Å²) in [6.07, 6.45) is 6.75. The summed E-state index contributed by atoms with van der Waals surface area (Å²) in [5.41, 5.74) is 3.48. The number of nitrogens with zero attached hydrogens (tertiary/aromatic N) is 2. The van der Waals surface area contributed by atoms with Gasteiger partial charge in [0.25, 0.3) is 5.56 Å². The van der Waals surface area contributed by atoms with Gasteiger partial charge in [-0.1, -0.05) is 36.4 Å². The SMILES string of the molecule is COCCCc1cc(CN(C(=O)[C@H]2CNCCC2c2ccn(C)c(=O)c2)C2CC2)c2ccccc2c1. The Balaban J connectivity index is 1.44. The van der Waals surface area contributed by atoms with Gasteiger partial charge in [-0.3, -0.25) is 9.59 Å². The third-order valence-corrected chi connectivity index (χ3v) is 7.79. The molecule has 190 valence electrons. The fraction of sp³-hybridized carbons (Fsp3) is 0.467. The first kappa shape index (κ1) is 24.7. The van der Waals surface area contributed by atoms with E-state index in [0.717, 1.165) is 50.8 Å². The third-order valence-electron chi connectivity index (χ3n) is 7.79. The predicted octanol–water partition coefficient (Wildman–Crippen LogP) is 4.00. The molecule has 2 atom stereocenters. The van der Waals surface area contributed by atoms with Crippen LogP contribution in [0, 0.1) is 5.92 Å². The number of pyridine rings is 1. The Kier molecular flexibility index (Phi) is 7.54. The summed E-state index contributed by atoms with van der Waals surface area (Å²) in [7, 11) is 3.51. The number of aryl methyl sites for hydroxylation is 2. The second-order valence-electron chi connectivity index (χ2n) is 10.4. The zero-order chi connectivity index (χ0) is 25.1. The van der Waals surface area contributed by atoms with Crippen molar-refractivity contribution in [2.24, 2.45) is 13.0 Å². The molecule has 6 nitrogen and oxygen atoms in total. The molecule has 1 aromatic heterocycles. The predicted molar refractivity (Wildman–Crippen MR) is 143 cm³/mol. The van der Waals surface area contributed by atoms with Crippen molar-refractivity contribution in [3.8, 4) is 0 Å². The summed E-state index contributed by atoms with van der Waals surface area (Å²) in [5.74, 6) is 0.109. The Bertz CT molecular complexity index is 1280. The first-order chi connectivity index (χ1) is 17.5. The number of aromatic nitrogens is 1. The minimum absolute atomic E-state index is 0.0203. The van der Waals surface area contributed by atoms with E-state index >= 15 is 0 Å². The van der Waals surface area contributed by atoms with Gasteiger partial charge in [-0.15, -0.1) is 0 Å². The molecular formula is C30H37N3O3. The standard InChI is InChI=1S/C30H37N3O3/c1-32-14-12-23(18-29(32)34)27-11-13-31-19-28(27)30(35)33(25-9-10-25)20-24-17-21(6-5-15-36-2)16-22-7-3-4-8-26(22)24/h3-4,7-8,12,14,16-18,25,27-28,31H,5-6,9-11,13,15,19-20H2,1-2H3/t27?,28-/m0/s1. The van der Waals surface area contributed by atoms with Crippen LogP contribution in [-0.4, -0.2) is 48.2 Å². The van der Waals surface area contributed by atoms with Crippen LogP contribution in [-0.2, 0) is 29.5 Å². The fourth-order valence-electron chi connectivity index (χ4n) is 5.64. The second kappa shape index (κ2) is 11.0. The Morgan fingerprint density at radius 2 is 1.97 bits per heavy atom. The van der Waals surface area contributed by atoms with Crippen molar-refractivity contribution < 1.29 is 9.53 Å². The number of amides is 1. The zero-order valence-corrected chi connectivity index (χ0v) is 21.4. The third kappa shape index (κ3) is 5.40. The van der Waals surface area contributed by atoms with Crippen LogP contribution in [0.15, 0.2) is 59.5 Å². The van der Waals surface area contributed by atoms with Crippen LogP contribution >= 0.6 is 0 Å². The van der Waals surface area contributed by atoms with E-state index in [4.69, 9.17) is 4.74 Å². The Hall–Kier alpha value is -2.96. The number of carbonyl (C=O) groups excluding carboxylic acids is 1. The van der Waals surface area contributed by atoms with Crippen LogP contribution in [0.5, 0.6) is 0 Å². The first-order valence-electron chi connectivity index (χ1n) is 13.2. The van der Waals surface area contributed by atoms with E-state index in [9.17, 15) is 9.59 Å². The first-order valence-corrected chi connectivity index (χ1v) is 13.2. The molecule has 1 amide bonds. The van der Waals surface area contributed by atoms with Crippen LogP contribution in [0.2, 0.25) is 0 Å². The number of benzene rings is 2. The van der Waals surface area contributed by atoms with Gasteiger partial charge in [0.15, 0.2) is 0 Å². The lowest BCUT2D eigenvalue weighted by atomic mass is 9.80. The molecule has 1 saturated carbocycles. The maximum Gasteiger partial charge on any atom is 0.250 e. The Morgan fingerprint density at radius 3 is 2.75 bits per heavy atom. The summed E-state index contributed by atoms with van der Waals surface area (Å²) in [5, 5.41) is 5.89. The van der Waals surface area contributed by atoms with E-state index in [1.165, 1.54) is 21.9 Å². The van der Waals surface area contributed by atoms with Gasteiger partial charge in [-0.05, 0) is 78.1 Å². The van der Waals surface area contributed by atoms with Gasteiger partial charge in [-0.25, -0.2) is 0 Å². The van der Waals surface area contributed by atoms with Crippen LogP contribution < -0.4 is 10.9 Å². The van der Waals surface area contributed by atoms with Gasteiger partial charge in [0.1, 0.15) is 0 Å². The lowest BCUT2D eigenvalue weighted by molar-refractivity contribution is -0.138. The summed E-state index contributed by atoms with van der Waals surface area (Å²) < 4.78 is 6.85. The highest BCUT2D eigenvalue weighted by Crippen LogP contribution is 2.36. The molecule has 1 N–H and O–H groups in total. The largest absolute Gasteiger partial charge is 0.385 e. The van der Waals surface area contributed by atoms with Crippen molar-refractivity contribution >= 4 is 16.7 Å². The number of piperidine rings is 1. The molecule has 1 aliphatic carbocycles. The van der Waals surface area contributed by atoms with Crippen LogP contribution in [0.1, 0.15) is 48.3 Å². The van der Waals surface area contributed by atoms with Crippen molar-refractivity contribution in [3.63, 3.8) is 0 Å². The second-order valence-corrected chi connectivity index (χ2v) is 10.4. The quantitative estimate of drug-likeness (QED) is 0.464. The molecule has 5 rings (SSSR count). The molecule has 0 bridgehead atoms. The highest BCUT2D eigenvalue weighted by molar-refractivity contribution is 5.87. The molecule has 1 aliphatic heterocycles. The van der Waals surface area contributed by atoms with E-state index in [-0.39, 0.29) is 23.3 Å². The topological polar surface area (TPSA) is 63.6 Å². The van der Waals surface area contributed by atoms with Crippen molar-refractivity contribution in [1.29, 1.82) is 0 Å². The highest BCUT2D eigenvalue weighted by atomic mass is 16.5. The average Bonchev–Trinajstić information content (AvgIpc) is 3.74. The van der Waals surface area contributed by atoms with Crippen LogP contribution in [0.3, 0.4) is 0 Å². The van der Waals surface area contributed by atoms with Crippen LogP contribution in [0.25, 0.3) is 10.8 Å². The van der Waals surface area contributed by atoms with E-state index in [2.05, 4.69) is 46.6 Å². The summed E-state index contributed by atoms with van der Waals surface area (Å²) in [6.45, 7) is 2.89.